The summed E-state index contributed by atoms with van der Waals surface area (Å²) in [4.78, 5) is 54.7. The molecule has 2 fully saturated rings. The number of amides is 3. The van der Waals surface area contributed by atoms with Crippen LogP contribution in [0.5, 0.6) is 0 Å². The van der Waals surface area contributed by atoms with E-state index in [0.29, 0.717) is 25.9 Å². The summed E-state index contributed by atoms with van der Waals surface area (Å²) in [5, 5.41) is 9.10. The standard InChI is InChI=1S/C42H55N9O6/c1-25(2)35(46-41(53)55-5)23-57-24-49-17-7-9-30(49)22-51-36-16-13-28(20-34(36)48-51)31-14-12-29(21-43-31)27-11-15-32-33(19-27)45-39(44-32)37-10-8-18-50(37)40(52)38(26(3)4)47-42(54)56-6/h11-16,19-21,25-26,30,35,37-38,48H,7-10,17-18,22-24H2,1-6H3,(H,44,45)(H,46,53)(H,47,54)/t30-,35+,37-,38-/m0/s1. The molecule has 0 saturated carbocycles. The normalized spacial score (nSPS) is 18.5. The first-order chi connectivity index (χ1) is 27.5. The van der Waals surface area contributed by atoms with Gasteiger partial charge < -0.3 is 34.7 Å². The Bertz CT molecular complexity index is 2170. The number of rotatable bonds is 14. The number of nitrogens with zero attached hydrogens (tertiary/aromatic N) is 5. The van der Waals surface area contributed by atoms with Gasteiger partial charge in [-0.1, -0.05) is 45.9 Å². The first kappa shape index (κ1) is 39.8. The number of carbonyl (C=O) groups is 3. The second kappa shape index (κ2) is 17.4. The summed E-state index contributed by atoms with van der Waals surface area (Å²) in [6.07, 6.45) is 4.71. The summed E-state index contributed by atoms with van der Waals surface area (Å²) >= 11 is 0. The Morgan fingerprint density at radius 2 is 1.60 bits per heavy atom. The van der Waals surface area contributed by atoms with Gasteiger partial charge in [-0.25, -0.2) is 14.6 Å². The lowest BCUT2D eigenvalue weighted by atomic mass is 10.0. The molecule has 0 radical (unpaired) electrons. The van der Waals surface area contributed by atoms with Gasteiger partial charge in [0, 0.05) is 36.5 Å². The predicted octanol–water partition coefficient (Wildman–Crippen LogP) is 6.44. The smallest absolute Gasteiger partial charge is 0.407 e. The number of likely N-dealkylation sites (tertiary alicyclic amines) is 2. The molecule has 3 aromatic heterocycles. The Morgan fingerprint density at radius 3 is 2.32 bits per heavy atom. The van der Waals surface area contributed by atoms with Crippen LogP contribution < -0.4 is 10.6 Å². The molecule has 5 aromatic rings. The summed E-state index contributed by atoms with van der Waals surface area (Å²) in [6.45, 7) is 11.3. The lowest BCUT2D eigenvalue weighted by molar-refractivity contribution is -0.135. The average Bonchev–Trinajstić information content (AvgIpc) is 3.98. The van der Waals surface area contributed by atoms with Crippen LogP contribution in [0.1, 0.15) is 65.2 Å². The SMILES string of the molecule is COC(=O)N[C@H](C(=O)N1CCC[C@H]1c1nc2ccc(-c3ccc(-c4ccc5c(c4)[nH]n5C[C@@H]4CCCN4COC[C@@H](NC(=O)OC)C(C)C)nc3)cc2[nH]1)C(C)C. The molecule has 3 amide bonds. The van der Waals surface area contributed by atoms with Gasteiger partial charge >= 0.3 is 12.2 Å². The monoisotopic (exact) mass is 781 g/mol. The van der Waals surface area contributed by atoms with E-state index in [0.717, 1.165) is 83.5 Å². The van der Waals surface area contributed by atoms with Crippen LogP contribution >= 0.6 is 0 Å². The van der Waals surface area contributed by atoms with Crippen LogP contribution in [-0.2, 0) is 25.5 Å². The van der Waals surface area contributed by atoms with Crippen molar-refractivity contribution in [3.05, 3.63) is 60.6 Å². The quantitative estimate of drug-likeness (QED) is 0.0990. The van der Waals surface area contributed by atoms with Gasteiger partial charge in [-0.05, 0) is 73.4 Å². The van der Waals surface area contributed by atoms with Crippen molar-refractivity contribution in [2.45, 2.75) is 84.1 Å². The fourth-order valence-corrected chi connectivity index (χ4v) is 8.00. The summed E-state index contributed by atoms with van der Waals surface area (Å²) in [5.74, 6) is 0.737. The highest BCUT2D eigenvalue weighted by molar-refractivity contribution is 5.87. The Morgan fingerprint density at radius 1 is 0.860 bits per heavy atom. The molecule has 0 aliphatic carbocycles. The summed E-state index contributed by atoms with van der Waals surface area (Å²) in [7, 11) is 2.67. The molecule has 2 aliphatic rings. The van der Waals surface area contributed by atoms with Gasteiger partial charge in [0.15, 0.2) is 0 Å². The number of ether oxygens (including phenoxy) is 3. The van der Waals surface area contributed by atoms with E-state index in [1.807, 2.05) is 43.1 Å². The van der Waals surface area contributed by atoms with Gasteiger partial charge in [0.25, 0.3) is 0 Å². The molecule has 2 aromatic carbocycles. The number of methoxy groups -OCH3 is 2. The maximum Gasteiger partial charge on any atom is 0.407 e. The molecule has 7 rings (SSSR count). The van der Waals surface area contributed by atoms with Crippen LogP contribution in [0.4, 0.5) is 9.59 Å². The van der Waals surface area contributed by atoms with Gasteiger partial charge in [-0.15, -0.1) is 0 Å². The van der Waals surface area contributed by atoms with E-state index in [1.165, 1.54) is 19.7 Å². The lowest BCUT2D eigenvalue weighted by Gasteiger charge is -2.29. The Hall–Kier alpha value is -5.41. The molecule has 15 nitrogen and oxygen atoms in total. The molecule has 5 heterocycles. The van der Waals surface area contributed by atoms with E-state index in [2.05, 4.69) is 74.5 Å². The topological polar surface area (TPSA) is 172 Å². The van der Waals surface area contributed by atoms with Crippen molar-refractivity contribution in [3.63, 3.8) is 0 Å². The number of hydrogen-bond donors (Lipinski definition) is 4. The lowest BCUT2D eigenvalue weighted by Crippen LogP contribution is -2.51. The third-order valence-corrected chi connectivity index (χ3v) is 11.4. The first-order valence-electron chi connectivity index (χ1n) is 20.0. The molecule has 2 aliphatic heterocycles. The first-order valence-corrected chi connectivity index (χ1v) is 20.0. The number of imidazole rings is 1. The van der Waals surface area contributed by atoms with Crippen molar-refractivity contribution in [1.29, 1.82) is 0 Å². The highest BCUT2D eigenvalue weighted by Gasteiger charge is 2.37. The van der Waals surface area contributed by atoms with E-state index in [1.54, 1.807) is 0 Å². The molecular formula is C42H55N9O6. The van der Waals surface area contributed by atoms with Crippen LogP contribution in [-0.4, -0.2) is 111 Å². The van der Waals surface area contributed by atoms with Crippen LogP contribution in [0, 0.1) is 11.8 Å². The van der Waals surface area contributed by atoms with Gasteiger partial charge in [0.1, 0.15) is 11.9 Å². The molecule has 0 unspecified atom stereocenters. The third kappa shape index (κ3) is 8.79. The minimum atomic E-state index is -0.683. The van der Waals surface area contributed by atoms with E-state index in [4.69, 9.17) is 24.2 Å². The number of alkyl carbamates (subject to hydrolysis) is 2. The number of nitrogens with one attached hydrogen (secondary N) is 4. The predicted molar refractivity (Wildman–Crippen MR) is 217 cm³/mol. The highest BCUT2D eigenvalue weighted by atomic mass is 16.5. The minimum absolute atomic E-state index is 0.100. The molecule has 4 atom stereocenters. The number of hydrogen-bond acceptors (Lipinski definition) is 9. The number of fused-ring (bicyclic) bond motifs is 2. The fourth-order valence-electron chi connectivity index (χ4n) is 8.00. The fraction of sp³-hybridized carbons (Fsp3) is 0.500. The van der Waals surface area contributed by atoms with Crippen molar-refractivity contribution in [2.75, 3.05) is 40.6 Å². The van der Waals surface area contributed by atoms with Crippen LogP contribution in [0.3, 0.4) is 0 Å². The van der Waals surface area contributed by atoms with Crippen LogP contribution in [0.2, 0.25) is 0 Å². The number of pyridine rings is 1. The molecule has 2 saturated heterocycles. The van der Waals surface area contributed by atoms with E-state index in [-0.39, 0.29) is 29.8 Å². The zero-order valence-electron chi connectivity index (χ0n) is 33.7. The van der Waals surface area contributed by atoms with Crippen LogP contribution in [0.15, 0.2) is 54.7 Å². The van der Waals surface area contributed by atoms with Crippen molar-refractivity contribution in [3.8, 4) is 22.4 Å². The Kier molecular flexibility index (Phi) is 12.1. The van der Waals surface area contributed by atoms with Crippen molar-refractivity contribution in [2.24, 2.45) is 11.8 Å². The number of H-pyrrole nitrogens is 2. The zero-order chi connectivity index (χ0) is 40.2. The highest BCUT2D eigenvalue weighted by Crippen LogP contribution is 2.34. The van der Waals surface area contributed by atoms with Crippen molar-refractivity contribution >= 4 is 40.2 Å². The minimum Gasteiger partial charge on any atom is -0.453 e. The second-order valence-electron chi connectivity index (χ2n) is 15.9. The second-order valence-corrected chi connectivity index (χ2v) is 15.9. The average molecular weight is 782 g/mol. The maximum atomic E-state index is 13.6. The van der Waals surface area contributed by atoms with Crippen molar-refractivity contribution < 1.29 is 28.6 Å². The number of aromatic nitrogens is 5. The van der Waals surface area contributed by atoms with Gasteiger partial charge in [-0.3, -0.25) is 24.5 Å². The Balaban J connectivity index is 0.974. The molecule has 304 valence electrons. The molecule has 15 heteroatoms. The zero-order valence-corrected chi connectivity index (χ0v) is 33.7. The van der Waals surface area contributed by atoms with E-state index < -0.39 is 18.2 Å². The van der Waals surface area contributed by atoms with E-state index in [9.17, 15) is 14.4 Å². The third-order valence-electron chi connectivity index (χ3n) is 11.4. The number of carbonyl (C=O) groups excluding carboxylic acids is 3. The van der Waals surface area contributed by atoms with Gasteiger partial charge in [-0.2, -0.15) is 0 Å². The molecule has 4 N–H and O–H groups in total. The molecule has 0 spiro atoms. The summed E-state index contributed by atoms with van der Waals surface area (Å²) in [5.41, 5.74) is 7.88. The van der Waals surface area contributed by atoms with Crippen molar-refractivity contribution in [1.82, 2.24) is 45.2 Å². The maximum absolute atomic E-state index is 13.6. The summed E-state index contributed by atoms with van der Waals surface area (Å²) in [6, 6.07) is 16.0. The number of aromatic amines is 2. The number of benzene rings is 2. The largest absolute Gasteiger partial charge is 0.453 e. The Labute approximate surface area is 332 Å². The summed E-state index contributed by atoms with van der Waals surface area (Å²) < 4.78 is 17.8. The molecule has 57 heavy (non-hydrogen) atoms. The van der Waals surface area contributed by atoms with Gasteiger partial charge in [0.05, 0.1) is 73.9 Å². The van der Waals surface area contributed by atoms with E-state index >= 15 is 0 Å². The molecule has 0 bridgehead atoms. The van der Waals surface area contributed by atoms with Gasteiger partial charge in [0.2, 0.25) is 5.91 Å². The van der Waals surface area contributed by atoms with Crippen LogP contribution in [0.25, 0.3) is 44.5 Å². The molecular weight excluding hydrogens is 727 g/mol.